The minimum Gasteiger partial charge on any atom is -0.308 e. The van der Waals surface area contributed by atoms with Gasteiger partial charge in [0.15, 0.2) is 0 Å². The van der Waals surface area contributed by atoms with Crippen LogP contribution in [0.4, 0.5) is 60.5 Å². The Labute approximate surface area is 328 Å². The molecular formula is C46H30F6N2S2. The lowest BCUT2D eigenvalue weighted by atomic mass is 9.83. The van der Waals surface area contributed by atoms with Crippen molar-refractivity contribution in [2.24, 2.45) is 0 Å². The molecule has 2 aliphatic rings. The molecule has 7 aromatic carbocycles. The zero-order valence-corrected chi connectivity index (χ0v) is 31.3. The highest BCUT2D eigenvalue weighted by molar-refractivity contribution is 8.00. The Morgan fingerprint density at radius 2 is 0.714 bits per heavy atom. The number of fused-ring (bicyclic) bond motifs is 4. The summed E-state index contributed by atoms with van der Waals surface area (Å²) >= 11 is 3.12. The molecule has 0 aromatic heterocycles. The van der Waals surface area contributed by atoms with Crippen LogP contribution in [0.5, 0.6) is 0 Å². The second-order valence-electron chi connectivity index (χ2n) is 13.3. The van der Waals surface area contributed by atoms with Gasteiger partial charge in [0.1, 0.15) is 0 Å². The standard InChI is InChI=1S/C46H30F6N2S2/c1-2-28-43(29-15-3-5-17-31(29)45(47,48)49)37(53-33-19-7-11-23-39(33)55-40-24-12-8-20-34(40)53)27-38(44(28)30-16-4-6-18-32(30)46(50,51)52)54-35-21-9-13-25-41(35)56-42-26-14-10-22-36(42)54/h3-27H,2H2,1H3. The molecule has 9 rings (SSSR count). The van der Waals surface area contributed by atoms with Gasteiger partial charge in [-0.25, -0.2) is 0 Å². The predicted molar refractivity (Wildman–Crippen MR) is 214 cm³/mol. The van der Waals surface area contributed by atoms with Crippen LogP contribution < -0.4 is 9.80 Å². The maximum Gasteiger partial charge on any atom is 0.417 e. The van der Waals surface area contributed by atoms with E-state index in [1.54, 1.807) is 48.6 Å². The zero-order chi connectivity index (χ0) is 38.8. The minimum atomic E-state index is -4.77. The van der Waals surface area contributed by atoms with E-state index in [1.165, 1.54) is 24.3 Å². The van der Waals surface area contributed by atoms with Crippen molar-refractivity contribution in [3.63, 3.8) is 0 Å². The molecule has 2 aliphatic heterocycles. The summed E-state index contributed by atoms with van der Waals surface area (Å²) in [5.74, 6) is 0. The van der Waals surface area contributed by atoms with Crippen molar-refractivity contribution in [3.8, 4) is 22.3 Å². The van der Waals surface area contributed by atoms with Crippen molar-refractivity contribution in [2.45, 2.75) is 45.3 Å². The van der Waals surface area contributed by atoms with Crippen LogP contribution in [-0.2, 0) is 18.8 Å². The third kappa shape index (κ3) is 6.03. The maximum atomic E-state index is 15.2. The first-order valence-corrected chi connectivity index (χ1v) is 19.5. The topological polar surface area (TPSA) is 6.48 Å². The fraction of sp³-hybridized carbons (Fsp3) is 0.0870. The molecule has 0 unspecified atom stereocenters. The number of nitrogens with zero attached hydrogens (tertiary/aromatic N) is 2. The molecule has 0 bridgehead atoms. The van der Waals surface area contributed by atoms with E-state index in [0.29, 0.717) is 16.9 Å². The summed E-state index contributed by atoms with van der Waals surface area (Å²) in [6, 6.07) is 43.3. The summed E-state index contributed by atoms with van der Waals surface area (Å²) in [6.45, 7) is 1.80. The van der Waals surface area contributed by atoms with Crippen molar-refractivity contribution in [3.05, 3.63) is 168 Å². The Bertz CT molecular complexity index is 2380. The van der Waals surface area contributed by atoms with Gasteiger partial charge in [-0.15, -0.1) is 0 Å². The molecule has 2 nitrogen and oxygen atoms in total. The summed E-state index contributed by atoms with van der Waals surface area (Å²) < 4.78 is 91.1. The first-order valence-electron chi connectivity index (χ1n) is 17.9. The smallest absolute Gasteiger partial charge is 0.308 e. The number of halogens is 6. The lowest BCUT2D eigenvalue weighted by Crippen LogP contribution is -2.21. The van der Waals surface area contributed by atoms with Crippen LogP contribution in [0.15, 0.2) is 171 Å². The first kappa shape index (κ1) is 36.1. The van der Waals surface area contributed by atoms with Crippen molar-refractivity contribution in [1.82, 2.24) is 0 Å². The maximum absolute atomic E-state index is 15.2. The largest absolute Gasteiger partial charge is 0.417 e. The Hall–Kier alpha value is -5.58. The summed E-state index contributed by atoms with van der Waals surface area (Å²) in [4.78, 5) is 7.49. The van der Waals surface area contributed by atoms with Crippen molar-refractivity contribution in [1.29, 1.82) is 0 Å². The fourth-order valence-electron chi connectivity index (χ4n) is 7.84. The lowest BCUT2D eigenvalue weighted by Gasteiger charge is -2.39. The molecule has 0 aliphatic carbocycles. The molecule has 7 aromatic rings. The lowest BCUT2D eigenvalue weighted by molar-refractivity contribution is -0.137. The number of benzene rings is 7. The highest BCUT2D eigenvalue weighted by Gasteiger charge is 2.40. The highest BCUT2D eigenvalue weighted by atomic mass is 32.2. The molecule has 0 fully saturated rings. The number of alkyl halides is 6. The second kappa shape index (κ2) is 13.9. The van der Waals surface area contributed by atoms with Gasteiger partial charge in [-0.2, -0.15) is 26.3 Å². The second-order valence-corrected chi connectivity index (χ2v) is 15.5. The SMILES string of the molecule is CCc1c(-c2ccccc2C(F)(F)F)c(N2c3ccccc3Sc3ccccc32)cc(N2c3ccccc3Sc3ccccc32)c1-c1ccccc1C(F)(F)F. The van der Waals surface area contributed by atoms with E-state index in [2.05, 4.69) is 0 Å². The molecule has 2 heterocycles. The molecule has 0 N–H and O–H groups in total. The zero-order valence-electron chi connectivity index (χ0n) is 29.6. The molecule has 0 atom stereocenters. The van der Waals surface area contributed by atoms with Crippen molar-refractivity contribution in [2.75, 3.05) is 9.80 Å². The molecular weight excluding hydrogens is 759 g/mol. The Kier molecular flexibility index (Phi) is 8.93. The monoisotopic (exact) mass is 788 g/mol. The normalized spacial score (nSPS) is 13.5. The molecule has 0 saturated heterocycles. The van der Waals surface area contributed by atoms with E-state index in [9.17, 15) is 0 Å². The number of para-hydroxylation sites is 4. The Morgan fingerprint density at radius 3 is 1.04 bits per heavy atom. The van der Waals surface area contributed by atoms with Crippen LogP contribution in [0.1, 0.15) is 23.6 Å². The summed E-state index contributed by atoms with van der Waals surface area (Å²) in [5, 5.41) is 0. The van der Waals surface area contributed by atoms with Crippen LogP contribution >= 0.6 is 23.5 Å². The molecule has 0 saturated carbocycles. The first-order chi connectivity index (χ1) is 27.0. The van der Waals surface area contributed by atoms with Crippen LogP contribution in [-0.4, -0.2) is 0 Å². The fourth-order valence-corrected chi connectivity index (χ4v) is 9.96. The van der Waals surface area contributed by atoms with E-state index in [4.69, 9.17) is 0 Å². The van der Waals surface area contributed by atoms with Gasteiger partial charge in [0.05, 0.1) is 45.3 Å². The molecule has 10 heteroatoms. The van der Waals surface area contributed by atoms with Gasteiger partial charge < -0.3 is 9.80 Å². The molecule has 56 heavy (non-hydrogen) atoms. The van der Waals surface area contributed by atoms with Gasteiger partial charge in [0, 0.05) is 30.7 Å². The third-order valence-corrected chi connectivity index (χ3v) is 12.4. The van der Waals surface area contributed by atoms with E-state index in [-0.39, 0.29) is 28.7 Å². The third-order valence-electron chi connectivity index (χ3n) is 10.1. The highest BCUT2D eigenvalue weighted by Crippen LogP contribution is 2.60. The van der Waals surface area contributed by atoms with Crippen molar-refractivity contribution < 1.29 is 26.3 Å². The van der Waals surface area contributed by atoms with Gasteiger partial charge in [0.2, 0.25) is 0 Å². The van der Waals surface area contributed by atoms with Gasteiger partial charge in [-0.3, -0.25) is 0 Å². The average Bonchev–Trinajstić information content (AvgIpc) is 3.20. The summed E-state index contributed by atoms with van der Waals surface area (Å²) in [7, 11) is 0. The van der Waals surface area contributed by atoms with E-state index < -0.39 is 23.5 Å². The van der Waals surface area contributed by atoms with Gasteiger partial charge in [-0.1, -0.05) is 115 Å². The minimum absolute atomic E-state index is 0.113. The van der Waals surface area contributed by atoms with Gasteiger partial charge in [0.25, 0.3) is 0 Å². The molecule has 0 radical (unpaired) electrons. The number of hydrogen-bond donors (Lipinski definition) is 0. The van der Waals surface area contributed by atoms with Gasteiger partial charge in [-0.05, 0) is 89.8 Å². The van der Waals surface area contributed by atoms with E-state index >= 15 is 26.3 Å². The van der Waals surface area contributed by atoms with E-state index in [1.807, 2.05) is 107 Å². The van der Waals surface area contributed by atoms with Crippen molar-refractivity contribution >= 4 is 57.6 Å². The summed E-state index contributed by atoms with van der Waals surface area (Å²) in [6.07, 6.45) is -9.42. The quantitative estimate of drug-likeness (QED) is 0.160. The Morgan fingerprint density at radius 1 is 0.411 bits per heavy atom. The van der Waals surface area contributed by atoms with Crippen LogP contribution in [0.25, 0.3) is 22.3 Å². The number of anilines is 6. The van der Waals surface area contributed by atoms with Crippen LogP contribution in [0.3, 0.4) is 0 Å². The van der Waals surface area contributed by atoms with E-state index in [0.717, 1.165) is 54.5 Å². The van der Waals surface area contributed by atoms with Crippen LogP contribution in [0, 0.1) is 0 Å². The summed E-state index contributed by atoms with van der Waals surface area (Å²) in [5.41, 5.74) is 2.58. The molecule has 278 valence electrons. The van der Waals surface area contributed by atoms with Crippen LogP contribution in [0.2, 0.25) is 0 Å². The Balaban J connectivity index is 1.51. The number of rotatable bonds is 5. The average molecular weight is 789 g/mol. The predicted octanol–water partition coefficient (Wildman–Crippen LogP) is 15.5. The molecule has 0 spiro atoms. The number of hydrogen-bond acceptors (Lipinski definition) is 4. The molecule has 0 amide bonds. The van der Waals surface area contributed by atoms with Gasteiger partial charge >= 0.3 is 12.4 Å².